The highest BCUT2D eigenvalue weighted by Gasteiger charge is 2.51. The second-order valence-corrected chi connectivity index (χ2v) is 9.73. The minimum Gasteiger partial charge on any atom is -0.444 e. The summed E-state index contributed by atoms with van der Waals surface area (Å²) in [6, 6.07) is 5.12. The third kappa shape index (κ3) is 4.75. The molecule has 3 rings (SSSR count). The van der Waals surface area contributed by atoms with Crippen LogP contribution < -0.4 is 16.1 Å². The van der Waals surface area contributed by atoms with Crippen molar-refractivity contribution in [2.75, 3.05) is 5.32 Å². The number of anilines is 1. The van der Waals surface area contributed by atoms with Crippen LogP contribution in [-0.2, 0) is 25.3 Å². The molecular formula is C21H31BN2O5. The third-order valence-electron chi connectivity index (χ3n) is 5.62. The average Bonchev–Trinajstić information content (AvgIpc) is 2.68. The van der Waals surface area contributed by atoms with Crippen LogP contribution in [0.25, 0.3) is 0 Å². The number of amides is 2. The summed E-state index contributed by atoms with van der Waals surface area (Å²) in [5, 5.41) is 5.57. The first-order chi connectivity index (χ1) is 13.3. The smallest absolute Gasteiger partial charge is 0.444 e. The number of hydrogen-bond acceptors (Lipinski definition) is 5. The lowest BCUT2D eigenvalue weighted by Gasteiger charge is -2.32. The molecule has 2 aliphatic rings. The summed E-state index contributed by atoms with van der Waals surface area (Å²) < 4.78 is 17.5. The molecular weight excluding hydrogens is 371 g/mol. The van der Waals surface area contributed by atoms with Gasteiger partial charge in [0.2, 0.25) is 5.91 Å². The fraction of sp³-hybridized carbons (Fsp3) is 0.619. The molecule has 1 unspecified atom stereocenters. The Balaban J connectivity index is 1.72. The lowest BCUT2D eigenvalue weighted by Crippen LogP contribution is -2.45. The molecule has 1 atom stereocenters. The summed E-state index contributed by atoms with van der Waals surface area (Å²) >= 11 is 0. The van der Waals surface area contributed by atoms with Crippen molar-refractivity contribution < 1.29 is 23.6 Å². The minimum atomic E-state index is -0.655. The number of hydrogen-bond donors (Lipinski definition) is 2. The predicted molar refractivity (Wildman–Crippen MR) is 112 cm³/mol. The molecule has 0 saturated carbocycles. The maximum absolute atomic E-state index is 12.6. The van der Waals surface area contributed by atoms with Crippen LogP contribution in [0, 0.1) is 0 Å². The topological polar surface area (TPSA) is 85.9 Å². The van der Waals surface area contributed by atoms with Crippen molar-refractivity contribution in [3.05, 3.63) is 23.8 Å². The van der Waals surface area contributed by atoms with Crippen LogP contribution in [0.4, 0.5) is 10.5 Å². The number of fused-ring (bicyclic) bond motifs is 1. The quantitative estimate of drug-likeness (QED) is 0.743. The minimum absolute atomic E-state index is 0.252. The summed E-state index contributed by atoms with van der Waals surface area (Å²) in [5.74, 6) is -0.252. The Hall–Kier alpha value is -2.06. The molecule has 29 heavy (non-hydrogen) atoms. The van der Waals surface area contributed by atoms with Gasteiger partial charge >= 0.3 is 13.2 Å². The van der Waals surface area contributed by atoms with Gasteiger partial charge in [0.25, 0.3) is 0 Å². The van der Waals surface area contributed by atoms with Gasteiger partial charge in [-0.1, -0.05) is 12.1 Å². The number of carbonyl (C=O) groups excluding carboxylic acids is 2. The van der Waals surface area contributed by atoms with Crippen LogP contribution in [0.5, 0.6) is 0 Å². The van der Waals surface area contributed by atoms with Crippen molar-refractivity contribution in [2.45, 2.75) is 84.2 Å². The Morgan fingerprint density at radius 2 is 1.83 bits per heavy atom. The molecule has 0 spiro atoms. The monoisotopic (exact) mass is 402 g/mol. The van der Waals surface area contributed by atoms with E-state index < -0.39 is 36.1 Å². The molecule has 0 bridgehead atoms. The van der Waals surface area contributed by atoms with E-state index in [1.54, 1.807) is 20.8 Å². The summed E-state index contributed by atoms with van der Waals surface area (Å²) in [6.07, 6.45) is 0.508. The summed E-state index contributed by atoms with van der Waals surface area (Å²) in [6.45, 7) is 13.4. The number of aryl methyl sites for hydroxylation is 1. The van der Waals surface area contributed by atoms with Gasteiger partial charge in [-0.3, -0.25) is 4.79 Å². The van der Waals surface area contributed by atoms with Crippen molar-refractivity contribution in [1.82, 2.24) is 5.32 Å². The molecule has 1 aromatic rings. The first kappa shape index (κ1) is 21.6. The Labute approximate surface area is 173 Å². The highest BCUT2D eigenvalue weighted by Crippen LogP contribution is 2.36. The Morgan fingerprint density at radius 3 is 2.41 bits per heavy atom. The highest BCUT2D eigenvalue weighted by atomic mass is 16.7. The van der Waals surface area contributed by atoms with Gasteiger partial charge in [0.15, 0.2) is 0 Å². The Kier molecular flexibility index (Phi) is 5.47. The zero-order valence-corrected chi connectivity index (χ0v) is 18.3. The molecule has 7 nitrogen and oxygen atoms in total. The van der Waals surface area contributed by atoms with E-state index in [2.05, 4.69) is 10.6 Å². The second kappa shape index (κ2) is 7.33. The maximum atomic E-state index is 12.6. The molecule has 1 fully saturated rings. The summed E-state index contributed by atoms with van der Waals surface area (Å²) in [7, 11) is -0.458. The van der Waals surface area contributed by atoms with Gasteiger partial charge in [-0.2, -0.15) is 0 Å². The molecule has 2 amide bonds. The zero-order valence-electron chi connectivity index (χ0n) is 18.3. The highest BCUT2D eigenvalue weighted by molar-refractivity contribution is 6.62. The lowest BCUT2D eigenvalue weighted by molar-refractivity contribution is -0.118. The Morgan fingerprint density at radius 1 is 1.21 bits per heavy atom. The van der Waals surface area contributed by atoms with Crippen LogP contribution in [0.3, 0.4) is 0 Å². The number of alkyl carbamates (subject to hydrolysis) is 1. The van der Waals surface area contributed by atoms with Gasteiger partial charge in [-0.25, -0.2) is 4.79 Å². The van der Waals surface area contributed by atoms with Gasteiger partial charge < -0.3 is 24.7 Å². The largest absolute Gasteiger partial charge is 0.494 e. The standard InChI is InChI=1S/C21H31BN2O5/c1-19(2,3)27-18(26)24-16-10-8-13-12-14(9-11-15(13)23-17(16)25)22-28-20(4,5)21(6,7)29-22/h9,11-12,16H,8,10H2,1-7H3,(H,23,25)(H,24,26). The molecule has 0 aromatic heterocycles. The number of nitrogens with one attached hydrogen (secondary N) is 2. The van der Waals surface area contributed by atoms with E-state index in [9.17, 15) is 9.59 Å². The molecule has 2 N–H and O–H groups in total. The SMILES string of the molecule is CC(C)(C)OC(=O)NC1CCc2cc(B3OC(C)(C)C(C)(C)O3)ccc2NC1=O. The third-order valence-corrected chi connectivity index (χ3v) is 5.62. The molecule has 2 heterocycles. The van der Waals surface area contributed by atoms with E-state index in [4.69, 9.17) is 14.0 Å². The average molecular weight is 402 g/mol. The molecule has 0 aliphatic carbocycles. The molecule has 0 radical (unpaired) electrons. The predicted octanol–water partition coefficient (Wildman–Crippen LogP) is 2.76. The van der Waals surface area contributed by atoms with Crippen molar-refractivity contribution in [2.24, 2.45) is 0 Å². The van der Waals surface area contributed by atoms with Gasteiger partial charge in [0, 0.05) is 5.69 Å². The Bertz CT molecular complexity index is 800. The van der Waals surface area contributed by atoms with E-state index in [0.717, 1.165) is 16.7 Å². The van der Waals surface area contributed by atoms with E-state index in [1.165, 1.54) is 0 Å². The second-order valence-electron chi connectivity index (χ2n) is 9.73. The summed E-state index contributed by atoms with van der Waals surface area (Å²) in [4.78, 5) is 24.6. The summed E-state index contributed by atoms with van der Waals surface area (Å²) in [5.41, 5.74) is 1.19. The molecule has 1 saturated heterocycles. The van der Waals surface area contributed by atoms with Crippen molar-refractivity contribution >= 4 is 30.3 Å². The van der Waals surface area contributed by atoms with Gasteiger partial charge in [-0.05, 0) is 78.4 Å². The number of ether oxygens (including phenoxy) is 1. The van der Waals surface area contributed by atoms with Gasteiger partial charge in [-0.15, -0.1) is 0 Å². The molecule has 1 aromatic carbocycles. The van der Waals surface area contributed by atoms with E-state index in [1.807, 2.05) is 45.9 Å². The van der Waals surface area contributed by atoms with Crippen molar-refractivity contribution in [3.63, 3.8) is 0 Å². The lowest BCUT2D eigenvalue weighted by atomic mass is 9.78. The fourth-order valence-electron chi connectivity index (χ4n) is 3.31. The van der Waals surface area contributed by atoms with Gasteiger partial charge in [0.1, 0.15) is 11.6 Å². The van der Waals surface area contributed by atoms with Crippen LogP contribution in [-0.4, -0.2) is 42.0 Å². The van der Waals surface area contributed by atoms with Gasteiger partial charge in [0.05, 0.1) is 11.2 Å². The maximum Gasteiger partial charge on any atom is 0.494 e. The number of rotatable bonds is 2. The van der Waals surface area contributed by atoms with Crippen LogP contribution in [0.15, 0.2) is 18.2 Å². The van der Waals surface area contributed by atoms with Crippen LogP contribution in [0.1, 0.15) is 60.5 Å². The zero-order chi connectivity index (χ0) is 21.6. The first-order valence-electron chi connectivity index (χ1n) is 10.1. The van der Waals surface area contributed by atoms with E-state index >= 15 is 0 Å². The van der Waals surface area contributed by atoms with Crippen LogP contribution >= 0.6 is 0 Å². The van der Waals surface area contributed by atoms with Crippen molar-refractivity contribution in [1.29, 1.82) is 0 Å². The fourth-order valence-corrected chi connectivity index (χ4v) is 3.31. The molecule has 2 aliphatic heterocycles. The number of carbonyl (C=O) groups is 2. The molecule has 8 heteroatoms. The van der Waals surface area contributed by atoms with Crippen LogP contribution in [0.2, 0.25) is 0 Å². The molecule has 158 valence electrons. The first-order valence-corrected chi connectivity index (χ1v) is 10.1. The normalized spacial score (nSPS) is 23.1. The van der Waals surface area contributed by atoms with E-state index in [-0.39, 0.29) is 5.91 Å². The number of benzene rings is 1. The van der Waals surface area contributed by atoms with Crippen molar-refractivity contribution in [3.8, 4) is 0 Å². The van der Waals surface area contributed by atoms with E-state index in [0.29, 0.717) is 12.8 Å².